The minimum atomic E-state index is 0.225. The van der Waals surface area contributed by atoms with Crippen molar-refractivity contribution < 1.29 is 0 Å². The molecule has 4 nitrogen and oxygen atoms in total. The van der Waals surface area contributed by atoms with Crippen LogP contribution in [0.15, 0.2) is 48.7 Å². The molecule has 21 heavy (non-hydrogen) atoms. The first-order valence-corrected chi connectivity index (χ1v) is 7.09. The maximum Gasteiger partial charge on any atom is 0.0640 e. The molecule has 1 N–H and O–H groups in total. The van der Waals surface area contributed by atoms with E-state index in [9.17, 15) is 0 Å². The SMILES string of the molecule is CNC(C)c1ccc(N(CCC#N)c2ccccc2)cn1. The van der Waals surface area contributed by atoms with E-state index in [1.54, 1.807) is 0 Å². The quantitative estimate of drug-likeness (QED) is 0.881. The Bertz CT molecular complexity index is 586. The van der Waals surface area contributed by atoms with Crippen molar-refractivity contribution in [2.45, 2.75) is 19.4 Å². The molecule has 0 amide bonds. The highest BCUT2D eigenvalue weighted by molar-refractivity contribution is 5.62. The highest BCUT2D eigenvalue weighted by Crippen LogP contribution is 2.25. The fourth-order valence-corrected chi connectivity index (χ4v) is 2.14. The molecule has 0 saturated heterocycles. The molecule has 0 aliphatic heterocycles. The summed E-state index contributed by atoms with van der Waals surface area (Å²) in [6.07, 6.45) is 2.34. The fraction of sp³-hybridized carbons (Fsp3) is 0.294. The summed E-state index contributed by atoms with van der Waals surface area (Å²) in [5.74, 6) is 0. The van der Waals surface area contributed by atoms with Gasteiger partial charge in [-0.05, 0) is 38.2 Å². The Balaban J connectivity index is 2.27. The number of aromatic nitrogens is 1. The Kier molecular flexibility index (Phi) is 5.30. The Morgan fingerprint density at radius 2 is 1.95 bits per heavy atom. The molecule has 2 aromatic rings. The monoisotopic (exact) mass is 280 g/mol. The molecule has 0 fully saturated rings. The fourth-order valence-electron chi connectivity index (χ4n) is 2.14. The van der Waals surface area contributed by atoms with Crippen LogP contribution in [0.2, 0.25) is 0 Å². The molecular formula is C17H20N4. The third-order valence-corrected chi connectivity index (χ3v) is 3.47. The Hall–Kier alpha value is -2.38. The first-order valence-electron chi connectivity index (χ1n) is 7.09. The van der Waals surface area contributed by atoms with Crippen LogP contribution < -0.4 is 10.2 Å². The number of nitrogens with one attached hydrogen (secondary N) is 1. The number of para-hydroxylation sites is 1. The van der Waals surface area contributed by atoms with Crippen LogP contribution in [0.5, 0.6) is 0 Å². The topological polar surface area (TPSA) is 52.0 Å². The summed E-state index contributed by atoms with van der Waals surface area (Å²) >= 11 is 0. The molecule has 0 saturated carbocycles. The smallest absolute Gasteiger partial charge is 0.0640 e. The lowest BCUT2D eigenvalue weighted by molar-refractivity contribution is 0.633. The zero-order chi connectivity index (χ0) is 15.1. The lowest BCUT2D eigenvalue weighted by Crippen LogP contribution is -2.19. The minimum Gasteiger partial charge on any atom is -0.339 e. The van der Waals surface area contributed by atoms with Gasteiger partial charge in [0, 0.05) is 18.3 Å². The Morgan fingerprint density at radius 3 is 2.52 bits per heavy atom. The number of hydrogen-bond acceptors (Lipinski definition) is 4. The normalized spacial score (nSPS) is 11.7. The van der Waals surface area contributed by atoms with Crippen LogP contribution >= 0.6 is 0 Å². The van der Waals surface area contributed by atoms with Gasteiger partial charge < -0.3 is 10.2 Å². The van der Waals surface area contributed by atoms with Gasteiger partial charge in [-0.15, -0.1) is 0 Å². The van der Waals surface area contributed by atoms with Gasteiger partial charge in [-0.3, -0.25) is 4.98 Å². The minimum absolute atomic E-state index is 0.225. The highest BCUT2D eigenvalue weighted by Gasteiger charge is 2.10. The van der Waals surface area contributed by atoms with Gasteiger partial charge in [-0.2, -0.15) is 5.26 Å². The van der Waals surface area contributed by atoms with E-state index in [1.807, 2.05) is 49.6 Å². The molecule has 1 heterocycles. The predicted octanol–water partition coefficient (Wildman–Crippen LogP) is 3.41. The van der Waals surface area contributed by atoms with Crippen molar-refractivity contribution in [3.63, 3.8) is 0 Å². The molecule has 1 aromatic carbocycles. The zero-order valence-electron chi connectivity index (χ0n) is 12.5. The Labute approximate surface area is 126 Å². The molecular weight excluding hydrogens is 260 g/mol. The average molecular weight is 280 g/mol. The number of benzene rings is 1. The summed E-state index contributed by atoms with van der Waals surface area (Å²) in [6, 6.07) is 16.6. The van der Waals surface area contributed by atoms with E-state index in [0.29, 0.717) is 13.0 Å². The molecule has 2 rings (SSSR count). The predicted molar refractivity (Wildman–Crippen MR) is 85.4 cm³/mol. The number of hydrogen-bond donors (Lipinski definition) is 1. The van der Waals surface area contributed by atoms with Crippen molar-refractivity contribution in [1.82, 2.24) is 10.3 Å². The van der Waals surface area contributed by atoms with Gasteiger partial charge in [0.1, 0.15) is 0 Å². The standard InChI is InChI=1S/C17H20N4/c1-14(19-2)17-10-9-16(13-20-17)21(12-6-11-18)15-7-4-3-5-8-15/h3-5,7-10,13-14,19H,6,12H2,1-2H3. The van der Waals surface area contributed by atoms with E-state index < -0.39 is 0 Å². The number of nitriles is 1. The van der Waals surface area contributed by atoms with E-state index >= 15 is 0 Å². The van der Waals surface area contributed by atoms with Gasteiger partial charge in [0.05, 0.1) is 30.1 Å². The third-order valence-electron chi connectivity index (χ3n) is 3.47. The second-order valence-electron chi connectivity index (χ2n) is 4.85. The summed E-state index contributed by atoms with van der Waals surface area (Å²) in [5, 5.41) is 12.0. The zero-order valence-corrected chi connectivity index (χ0v) is 12.5. The highest BCUT2D eigenvalue weighted by atomic mass is 15.1. The molecule has 0 spiro atoms. The Morgan fingerprint density at radius 1 is 1.19 bits per heavy atom. The molecule has 0 bridgehead atoms. The van der Waals surface area contributed by atoms with Gasteiger partial charge in [-0.1, -0.05) is 18.2 Å². The van der Waals surface area contributed by atoms with Gasteiger partial charge >= 0.3 is 0 Å². The van der Waals surface area contributed by atoms with Crippen LogP contribution in [0, 0.1) is 11.3 Å². The molecule has 1 atom stereocenters. The number of nitrogens with zero attached hydrogens (tertiary/aromatic N) is 3. The molecule has 1 unspecified atom stereocenters. The largest absolute Gasteiger partial charge is 0.339 e. The number of rotatable bonds is 6. The summed E-state index contributed by atoms with van der Waals surface area (Å²) < 4.78 is 0. The van der Waals surface area contributed by atoms with Crippen LogP contribution in [0.25, 0.3) is 0 Å². The summed E-state index contributed by atoms with van der Waals surface area (Å²) in [6.45, 7) is 2.73. The van der Waals surface area contributed by atoms with Crippen molar-refractivity contribution in [2.75, 3.05) is 18.5 Å². The van der Waals surface area contributed by atoms with Crippen LogP contribution in [-0.4, -0.2) is 18.6 Å². The summed E-state index contributed by atoms with van der Waals surface area (Å²) in [7, 11) is 1.92. The summed E-state index contributed by atoms with van der Waals surface area (Å²) in [4.78, 5) is 6.63. The van der Waals surface area contributed by atoms with Gasteiger partial charge in [0.25, 0.3) is 0 Å². The second-order valence-corrected chi connectivity index (χ2v) is 4.85. The van der Waals surface area contributed by atoms with Gasteiger partial charge in [-0.25, -0.2) is 0 Å². The first-order chi connectivity index (χ1) is 10.3. The van der Waals surface area contributed by atoms with Crippen LogP contribution in [0.1, 0.15) is 25.1 Å². The van der Waals surface area contributed by atoms with E-state index in [1.165, 1.54) is 0 Å². The lowest BCUT2D eigenvalue weighted by Gasteiger charge is -2.24. The van der Waals surface area contributed by atoms with Crippen molar-refractivity contribution in [3.8, 4) is 6.07 Å². The molecule has 0 radical (unpaired) electrons. The first kappa shape index (κ1) is 15.0. The van der Waals surface area contributed by atoms with Gasteiger partial charge in [0.2, 0.25) is 0 Å². The molecule has 0 aliphatic rings. The molecule has 108 valence electrons. The maximum atomic E-state index is 8.86. The molecule has 0 aliphatic carbocycles. The lowest BCUT2D eigenvalue weighted by atomic mass is 10.2. The maximum absolute atomic E-state index is 8.86. The average Bonchev–Trinajstić information content (AvgIpc) is 2.56. The second kappa shape index (κ2) is 7.41. The van der Waals surface area contributed by atoms with E-state index in [4.69, 9.17) is 5.26 Å². The van der Waals surface area contributed by atoms with Crippen LogP contribution in [0.4, 0.5) is 11.4 Å². The van der Waals surface area contributed by atoms with E-state index in [-0.39, 0.29) is 6.04 Å². The van der Waals surface area contributed by atoms with E-state index in [0.717, 1.165) is 17.1 Å². The third kappa shape index (κ3) is 3.80. The van der Waals surface area contributed by atoms with Crippen molar-refractivity contribution in [2.24, 2.45) is 0 Å². The van der Waals surface area contributed by atoms with Crippen LogP contribution in [-0.2, 0) is 0 Å². The van der Waals surface area contributed by atoms with Crippen molar-refractivity contribution >= 4 is 11.4 Å². The number of pyridine rings is 1. The molecule has 4 heteroatoms. The van der Waals surface area contributed by atoms with Crippen molar-refractivity contribution in [1.29, 1.82) is 5.26 Å². The number of anilines is 2. The van der Waals surface area contributed by atoms with Gasteiger partial charge in [0.15, 0.2) is 0 Å². The van der Waals surface area contributed by atoms with Crippen molar-refractivity contribution in [3.05, 3.63) is 54.4 Å². The molecule has 1 aromatic heterocycles. The summed E-state index contributed by atoms with van der Waals surface area (Å²) in [5.41, 5.74) is 3.09. The van der Waals surface area contributed by atoms with E-state index in [2.05, 4.69) is 34.3 Å². The van der Waals surface area contributed by atoms with Crippen LogP contribution in [0.3, 0.4) is 0 Å².